The summed E-state index contributed by atoms with van der Waals surface area (Å²) in [6.07, 6.45) is 2.93. The van der Waals surface area contributed by atoms with Crippen LogP contribution in [0.25, 0.3) is 22.4 Å². The highest BCUT2D eigenvalue weighted by atomic mass is 15.0. The number of aromatic nitrogens is 3. The topological polar surface area (TPSA) is 29.7 Å². The maximum atomic E-state index is 4.83. The Morgan fingerprint density at radius 3 is 2.59 bits per heavy atom. The lowest BCUT2D eigenvalue weighted by atomic mass is 10.1. The Hall–Kier alpha value is -2.29. The first-order valence-corrected chi connectivity index (χ1v) is 7.77. The van der Waals surface area contributed by atoms with E-state index in [9.17, 15) is 0 Å². The van der Waals surface area contributed by atoms with Crippen LogP contribution in [-0.4, -0.2) is 9.97 Å². The Labute approximate surface area is 131 Å². The first-order valence-electron chi connectivity index (χ1n) is 7.77. The van der Waals surface area contributed by atoms with E-state index in [4.69, 9.17) is 4.98 Å². The standard InChI is InChI=1S/C19H22N3/c1-13(2)11-15-9-10-17-19(21-15)22(4)18(12-20-17)16-8-6-5-7-14(16)3/h5-10,12-13H,11H2,1-4H3/q+1. The lowest BCUT2D eigenvalue weighted by molar-refractivity contribution is -0.636. The lowest BCUT2D eigenvalue weighted by Crippen LogP contribution is -2.34. The Balaban J connectivity index is 2.17. The van der Waals surface area contributed by atoms with Gasteiger partial charge in [-0.25, -0.2) is 9.55 Å². The van der Waals surface area contributed by atoms with Crippen LogP contribution in [-0.2, 0) is 13.5 Å². The van der Waals surface area contributed by atoms with E-state index in [1.165, 1.54) is 11.1 Å². The summed E-state index contributed by atoms with van der Waals surface area (Å²) in [7, 11) is 2.07. The van der Waals surface area contributed by atoms with Crippen molar-refractivity contribution in [1.82, 2.24) is 9.97 Å². The summed E-state index contributed by atoms with van der Waals surface area (Å²) in [5.74, 6) is 0.600. The van der Waals surface area contributed by atoms with Gasteiger partial charge in [0.1, 0.15) is 0 Å². The van der Waals surface area contributed by atoms with Crippen molar-refractivity contribution in [2.45, 2.75) is 27.2 Å². The number of hydrogen-bond acceptors (Lipinski definition) is 2. The first kappa shape index (κ1) is 14.6. The molecule has 2 aromatic heterocycles. The molecule has 0 radical (unpaired) electrons. The fraction of sp³-hybridized carbons (Fsp3) is 0.316. The van der Waals surface area contributed by atoms with Crippen LogP contribution in [0.4, 0.5) is 0 Å². The second-order valence-corrected chi connectivity index (χ2v) is 6.26. The first-order chi connectivity index (χ1) is 10.6. The van der Waals surface area contributed by atoms with Crippen molar-refractivity contribution in [3.05, 3.63) is 53.9 Å². The van der Waals surface area contributed by atoms with Crippen LogP contribution in [0.1, 0.15) is 25.1 Å². The molecule has 0 aliphatic rings. The largest absolute Gasteiger partial charge is 0.349 e. The average molecular weight is 292 g/mol. The SMILES string of the molecule is Cc1ccccc1-c1cnc2ccc(CC(C)C)nc2[n+]1C. The number of rotatable bonds is 3. The Bertz CT molecular complexity index is 822. The molecule has 0 spiro atoms. The maximum absolute atomic E-state index is 4.83. The van der Waals surface area contributed by atoms with Crippen molar-refractivity contribution in [3.8, 4) is 11.3 Å². The van der Waals surface area contributed by atoms with E-state index in [0.717, 1.165) is 29.0 Å². The molecule has 0 atom stereocenters. The van der Waals surface area contributed by atoms with Crippen LogP contribution < -0.4 is 4.57 Å². The van der Waals surface area contributed by atoms with Gasteiger partial charge < -0.3 is 0 Å². The van der Waals surface area contributed by atoms with E-state index < -0.39 is 0 Å². The Morgan fingerprint density at radius 1 is 1.09 bits per heavy atom. The molecule has 0 aliphatic heterocycles. The second-order valence-electron chi connectivity index (χ2n) is 6.26. The lowest BCUT2D eigenvalue weighted by Gasteiger charge is -2.08. The molecule has 3 heteroatoms. The van der Waals surface area contributed by atoms with Crippen molar-refractivity contribution in [2.75, 3.05) is 0 Å². The fourth-order valence-electron chi connectivity index (χ4n) is 2.80. The van der Waals surface area contributed by atoms with E-state index in [0.29, 0.717) is 5.92 Å². The van der Waals surface area contributed by atoms with Gasteiger partial charge in [0.25, 0.3) is 0 Å². The van der Waals surface area contributed by atoms with E-state index in [-0.39, 0.29) is 0 Å². The highest BCUT2D eigenvalue weighted by Gasteiger charge is 2.17. The molecule has 22 heavy (non-hydrogen) atoms. The second kappa shape index (κ2) is 5.84. The third-order valence-corrected chi connectivity index (χ3v) is 3.96. The maximum Gasteiger partial charge on any atom is 0.349 e. The third-order valence-electron chi connectivity index (χ3n) is 3.96. The van der Waals surface area contributed by atoms with Crippen molar-refractivity contribution >= 4 is 11.2 Å². The molecule has 3 rings (SSSR count). The van der Waals surface area contributed by atoms with Gasteiger partial charge >= 0.3 is 5.65 Å². The van der Waals surface area contributed by atoms with Crippen LogP contribution in [0.5, 0.6) is 0 Å². The minimum absolute atomic E-state index is 0.600. The van der Waals surface area contributed by atoms with Crippen molar-refractivity contribution in [3.63, 3.8) is 0 Å². The summed E-state index contributed by atoms with van der Waals surface area (Å²) >= 11 is 0. The van der Waals surface area contributed by atoms with E-state index in [1.807, 2.05) is 6.20 Å². The molecule has 1 aromatic carbocycles. The minimum Gasteiger partial charge on any atom is -0.244 e. The molecule has 2 heterocycles. The number of pyridine rings is 1. The zero-order chi connectivity index (χ0) is 15.7. The molecular weight excluding hydrogens is 270 g/mol. The van der Waals surface area contributed by atoms with Crippen molar-refractivity contribution in [1.29, 1.82) is 0 Å². The van der Waals surface area contributed by atoms with Gasteiger partial charge in [-0.2, -0.15) is 0 Å². The molecule has 112 valence electrons. The normalized spacial score (nSPS) is 11.3. The van der Waals surface area contributed by atoms with Crippen LogP contribution in [0, 0.1) is 12.8 Å². The quantitative estimate of drug-likeness (QED) is 0.690. The molecule has 0 N–H and O–H groups in total. The summed E-state index contributed by atoms with van der Waals surface area (Å²) < 4.78 is 2.15. The smallest absolute Gasteiger partial charge is 0.244 e. The predicted molar refractivity (Wildman–Crippen MR) is 89.4 cm³/mol. The minimum atomic E-state index is 0.600. The summed E-state index contributed by atoms with van der Waals surface area (Å²) in [5, 5.41) is 0. The summed E-state index contributed by atoms with van der Waals surface area (Å²) in [5.41, 5.74) is 6.56. The molecule has 0 saturated heterocycles. The number of fused-ring (bicyclic) bond motifs is 1. The van der Waals surface area contributed by atoms with Gasteiger partial charge in [-0.3, -0.25) is 0 Å². The summed E-state index contributed by atoms with van der Waals surface area (Å²) in [6, 6.07) is 12.5. The fourth-order valence-corrected chi connectivity index (χ4v) is 2.80. The third kappa shape index (κ3) is 2.71. The molecule has 3 aromatic rings. The molecule has 0 bridgehead atoms. The van der Waals surface area contributed by atoms with Crippen LogP contribution >= 0.6 is 0 Å². The van der Waals surface area contributed by atoms with Crippen molar-refractivity contribution < 1.29 is 4.57 Å². The zero-order valence-corrected chi connectivity index (χ0v) is 13.7. The van der Waals surface area contributed by atoms with Gasteiger partial charge in [-0.05, 0) is 35.5 Å². The molecule has 0 saturated carbocycles. The number of hydrogen-bond donors (Lipinski definition) is 0. The zero-order valence-electron chi connectivity index (χ0n) is 13.7. The Morgan fingerprint density at radius 2 is 1.86 bits per heavy atom. The number of aryl methyl sites for hydroxylation is 2. The van der Waals surface area contributed by atoms with E-state index >= 15 is 0 Å². The van der Waals surface area contributed by atoms with Crippen LogP contribution in [0.3, 0.4) is 0 Å². The van der Waals surface area contributed by atoms with E-state index in [2.05, 4.69) is 73.8 Å². The van der Waals surface area contributed by atoms with Crippen LogP contribution in [0.15, 0.2) is 42.6 Å². The monoisotopic (exact) mass is 292 g/mol. The van der Waals surface area contributed by atoms with Gasteiger partial charge in [0.05, 0.1) is 13.2 Å². The predicted octanol–water partition coefficient (Wildman–Crippen LogP) is 3.63. The highest BCUT2D eigenvalue weighted by Crippen LogP contribution is 2.20. The average Bonchev–Trinajstić information content (AvgIpc) is 2.49. The van der Waals surface area contributed by atoms with E-state index in [1.54, 1.807) is 0 Å². The molecule has 0 unspecified atom stereocenters. The van der Waals surface area contributed by atoms with Gasteiger partial charge in [0.2, 0.25) is 0 Å². The number of benzene rings is 1. The van der Waals surface area contributed by atoms with Gasteiger partial charge in [-0.1, -0.05) is 38.1 Å². The molecular formula is C19H22N3+. The van der Waals surface area contributed by atoms with Gasteiger partial charge in [0, 0.05) is 12.0 Å². The van der Waals surface area contributed by atoms with Crippen molar-refractivity contribution in [2.24, 2.45) is 13.0 Å². The molecule has 0 amide bonds. The molecule has 0 fully saturated rings. The van der Waals surface area contributed by atoms with Gasteiger partial charge in [-0.15, -0.1) is 0 Å². The summed E-state index contributed by atoms with van der Waals surface area (Å²) in [4.78, 5) is 9.43. The Kier molecular flexibility index (Phi) is 3.88. The number of nitrogens with zero attached hydrogens (tertiary/aromatic N) is 3. The molecule has 0 aliphatic carbocycles. The molecule has 3 nitrogen and oxygen atoms in total. The van der Waals surface area contributed by atoms with Gasteiger partial charge in [0.15, 0.2) is 16.9 Å². The van der Waals surface area contributed by atoms with Crippen LogP contribution in [0.2, 0.25) is 0 Å². The summed E-state index contributed by atoms with van der Waals surface area (Å²) in [6.45, 7) is 6.56. The highest BCUT2D eigenvalue weighted by molar-refractivity contribution is 5.69.